The summed E-state index contributed by atoms with van der Waals surface area (Å²) in [5, 5.41) is 0. The summed E-state index contributed by atoms with van der Waals surface area (Å²) in [7, 11) is 0. The van der Waals surface area contributed by atoms with Crippen molar-refractivity contribution >= 4 is 0 Å². The molecule has 1 atom stereocenters. The molecule has 1 heteroatoms. The minimum absolute atomic E-state index is 0.796. The Bertz CT molecular complexity index is 432. The third kappa shape index (κ3) is 1.63. The van der Waals surface area contributed by atoms with Crippen LogP contribution in [-0.2, 0) is 12.8 Å². The first-order chi connectivity index (χ1) is 8.77. The fraction of sp³-hybridized carbons (Fsp3) is 0.706. The third-order valence-corrected chi connectivity index (χ3v) is 5.51. The molecule has 0 aromatic carbocycles. The molecule has 0 amide bonds. The molecule has 98 valence electrons. The van der Waals surface area contributed by atoms with Crippen molar-refractivity contribution in [1.29, 1.82) is 0 Å². The van der Waals surface area contributed by atoms with Gasteiger partial charge < -0.3 is 0 Å². The van der Waals surface area contributed by atoms with Crippen molar-refractivity contribution in [2.45, 2.75) is 59.3 Å². The van der Waals surface area contributed by atoms with Gasteiger partial charge in [-0.2, -0.15) is 0 Å². The fourth-order valence-electron chi connectivity index (χ4n) is 4.37. The number of aromatic nitrogens is 1. The van der Waals surface area contributed by atoms with E-state index in [9.17, 15) is 0 Å². The van der Waals surface area contributed by atoms with E-state index in [1.54, 1.807) is 24.8 Å². The zero-order chi connectivity index (χ0) is 12.8. The van der Waals surface area contributed by atoms with Crippen molar-refractivity contribution in [1.82, 2.24) is 4.98 Å². The lowest BCUT2D eigenvalue weighted by molar-refractivity contribution is -0.154. The second kappa shape index (κ2) is 4.36. The van der Waals surface area contributed by atoms with Crippen LogP contribution < -0.4 is 0 Å². The first-order valence-corrected chi connectivity index (χ1v) is 7.70. The summed E-state index contributed by atoms with van der Waals surface area (Å²) >= 11 is 0. The lowest BCUT2D eigenvalue weighted by atomic mass is 9.39. The monoisotopic (exact) mass is 243 g/mol. The maximum Gasteiger partial charge on any atom is 0.0438 e. The highest BCUT2D eigenvalue weighted by atomic mass is 14.7. The fourth-order valence-corrected chi connectivity index (χ4v) is 4.37. The van der Waals surface area contributed by atoms with E-state index in [2.05, 4.69) is 18.0 Å². The van der Waals surface area contributed by atoms with Crippen LogP contribution >= 0.6 is 0 Å². The molecule has 0 radical (unpaired) electrons. The molecule has 1 aromatic rings. The van der Waals surface area contributed by atoms with Gasteiger partial charge in [-0.25, -0.2) is 0 Å². The SMILES string of the molecule is CC.Cc1ccnc2c1CC(C13CC(C1)C3)CC2. The Morgan fingerprint density at radius 3 is 2.56 bits per heavy atom. The summed E-state index contributed by atoms with van der Waals surface area (Å²) in [5.74, 6) is 2.10. The van der Waals surface area contributed by atoms with E-state index in [-0.39, 0.29) is 0 Å². The van der Waals surface area contributed by atoms with Crippen LogP contribution in [0.15, 0.2) is 12.3 Å². The molecule has 3 fully saturated rings. The van der Waals surface area contributed by atoms with Gasteiger partial charge in [0.2, 0.25) is 0 Å². The minimum Gasteiger partial charge on any atom is -0.261 e. The lowest BCUT2D eigenvalue weighted by Gasteiger charge is -2.66. The molecule has 18 heavy (non-hydrogen) atoms. The van der Waals surface area contributed by atoms with Crippen LogP contribution in [0.1, 0.15) is 56.4 Å². The molecule has 0 saturated heterocycles. The first-order valence-electron chi connectivity index (χ1n) is 7.70. The number of rotatable bonds is 1. The molecule has 4 aliphatic rings. The first kappa shape index (κ1) is 12.2. The number of aryl methyl sites for hydroxylation is 2. The highest BCUT2D eigenvalue weighted by molar-refractivity contribution is 5.32. The largest absolute Gasteiger partial charge is 0.261 e. The van der Waals surface area contributed by atoms with Gasteiger partial charge in [-0.1, -0.05) is 13.8 Å². The standard InChI is InChI=1S/C15H19N.C2H6/c1-10-4-5-16-14-3-2-12(6-13(10)14)15-7-11(8-15)9-15;1-2/h4-5,11-12H,2-3,6-9H2,1H3;1-2H3. The Morgan fingerprint density at radius 1 is 1.22 bits per heavy atom. The Kier molecular flexibility index (Phi) is 2.96. The number of nitrogens with zero attached hydrogens (tertiary/aromatic N) is 1. The molecule has 0 aliphatic heterocycles. The quantitative estimate of drug-likeness (QED) is 0.715. The highest BCUT2D eigenvalue weighted by Crippen LogP contribution is 2.69. The van der Waals surface area contributed by atoms with E-state index in [1.807, 2.05) is 20.0 Å². The smallest absolute Gasteiger partial charge is 0.0438 e. The summed E-state index contributed by atoms with van der Waals surface area (Å²) in [6.07, 6.45) is 10.6. The predicted molar refractivity (Wildman–Crippen MR) is 75.6 cm³/mol. The van der Waals surface area contributed by atoms with Crippen LogP contribution in [-0.4, -0.2) is 4.98 Å². The number of pyridine rings is 1. The summed E-state index contributed by atoms with van der Waals surface area (Å²) in [6, 6.07) is 2.18. The maximum absolute atomic E-state index is 4.55. The molecular formula is C17H25N. The Balaban J connectivity index is 0.000000478. The van der Waals surface area contributed by atoms with Crippen LogP contribution in [0.3, 0.4) is 0 Å². The van der Waals surface area contributed by atoms with Crippen LogP contribution in [0.25, 0.3) is 0 Å². The van der Waals surface area contributed by atoms with E-state index >= 15 is 0 Å². The van der Waals surface area contributed by atoms with Gasteiger partial charge in [0.05, 0.1) is 0 Å². The van der Waals surface area contributed by atoms with Gasteiger partial charge in [0.1, 0.15) is 0 Å². The van der Waals surface area contributed by atoms with Crippen molar-refractivity contribution < 1.29 is 0 Å². The molecule has 4 aliphatic carbocycles. The third-order valence-electron chi connectivity index (χ3n) is 5.51. The van der Waals surface area contributed by atoms with Crippen molar-refractivity contribution in [3.63, 3.8) is 0 Å². The van der Waals surface area contributed by atoms with E-state index in [1.165, 1.54) is 30.5 Å². The van der Waals surface area contributed by atoms with Crippen molar-refractivity contribution in [3.8, 4) is 0 Å². The van der Waals surface area contributed by atoms with Gasteiger partial charge in [-0.3, -0.25) is 4.98 Å². The van der Waals surface area contributed by atoms with Crippen molar-refractivity contribution in [2.24, 2.45) is 17.3 Å². The molecule has 1 aromatic heterocycles. The average Bonchev–Trinajstić information content (AvgIpc) is 2.29. The van der Waals surface area contributed by atoms with E-state index in [4.69, 9.17) is 0 Å². The topological polar surface area (TPSA) is 12.9 Å². The van der Waals surface area contributed by atoms with Crippen molar-refractivity contribution in [2.75, 3.05) is 0 Å². The van der Waals surface area contributed by atoms with E-state index in [0.29, 0.717) is 0 Å². The Morgan fingerprint density at radius 2 is 1.94 bits per heavy atom. The zero-order valence-electron chi connectivity index (χ0n) is 12.0. The van der Waals surface area contributed by atoms with Crippen LogP contribution in [0, 0.1) is 24.2 Å². The molecule has 0 N–H and O–H groups in total. The van der Waals surface area contributed by atoms with Gasteiger partial charge >= 0.3 is 0 Å². The van der Waals surface area contributed by atoms with E-state index < -0.39 is 0 Å². The summed E-state index contributed by atoms with van der Waals surface area (Å²) in [4.78, 5) is 4.55. The molecule has 1 nitrogen and oxygen atoms in total. The minimum atomic E-state index is 0.796. The number of hydrogen-bond donors (Lipinski definition) is 0. The molecule has 3 saturated carbocycles. The normalized spacial score (nSPS) is 35.5. The van der Waals surface area contributed by atoms with Crippen LogP contribution in [0.2, 0.25) is 0 Å². The van der Waals surface area contributed by atoms with Gasteiger partial charge in [-0.05, 0) is 79.9 Å². The maximum atomic E-state index is 4.55. The highest BCUT2D eigenvalue weighted by Gasteiger charge is 2.60. The molecule has 1 heterocycles. The average molecular weight is 243 g/mol. The lowest BCUT2D eigenvalue weighted by Crippen LogP contribution is -2.57. The van der Waals surface area contributed by atoms with Gasteiger partial charge in [0.25, 0.3) is 0 Å². The predicted octanol–water partition coefficient (Wildman–Crippen LogP) is 4.32. The van der Waals surface area contributed by atoms with Gasteiger partial charge in [0.15, 0.2) is 0 Å². The molecule has 0 spiro atoms. The van der Waals surface area contributed by atoms with Crippen molar-refractivity contribution in [3.05, 3.63) is 29.1 Å². The molecular weight excluding hydrogens is 218 g/mol. The Hall–Kier alpha value is -0.850. The summed E-state index contributed by atoms with van der Waals surface area (Å²) in [6.45, 7) is 6.25. The molecule has 2 bridgehead atoms. The van der Waals surface area contributed by atoms with Crippen LogP contribution in [0.5, 0.6) is 0 Å². The zero-order valence-corrected chi connectivity index (χ0v) is 12.0. The molecule has 1 unspecified atom stereocenters. The van der Waals surface area contributed by atoms with Crippen LogP contribution in [0.4, 0.5) is 0 Å². The number of hydrogen-bond acceptors (Lipinski definition) is 1. The number of fused-ring (bicyclic) bond motifs is 1. The Labute approximate surface area is 111 Å². The van der Waals surface area contributed by atoms with Gasteiger partial charge in [-0.15, -0.1) is 0 Å². The summed E-state index contributed by atoms with van der Waals surface area (Å²) in [5.41, 5.74) is 5.25. The van der Waals surface area contributed by atoms with Gasteiger partial charge in [0, 0.05) is 11.9 Å². The summed E-state index contributed by atoms with van der Waals surface area (Å²) < 4.78 is 0. The second-order valence-corrected chi connectivity index (χ2v) is 6.33. The van der Waals surface area contributed by atoms with E-state index in [0.717, 1.165) is 17.3 Å². The molecule has 5 rings (SSSR count). The second-order valence-electron chi connectivity index (χ2n) is 6.33.